The van der Waals surface area contributed by atoms with Crippen LogP contribution in [0.1, 0.15) is 36.7 Å². The van der Waals surface area contributed by atoms with E-state index in [1.807, 2.05) is 12.1 Å². The minimum absolute atomic E-state index is 0.153. The quantitative estimate of drug-likeness (QED) is 0.636. The molecule has 0 fully saturated rings. The third kappa shape index (κ3) is 9.12. The summed E-state index contributed by atoms with van der Waals surface area (Å²) in [5.74, 6) is -1.03. The summed E-state index contributed by atoms with van der Waals surface area (Å²) in [6, 6.07) is 13.8. The Morgan fingerprint density at radius 2 is 1.59 bits per heavy atom. The van der Waals surface area contributed by atoms with E-state index < -0.39 is 11.6 Å². The lowest BCUT2D eigenvalue weighted by Crippen LogP contribution is -2.37. The van der Waals surface area contributed by atoms with Gasteiger partial charge in [0.15, 0.2) is 5.60 Å². The predicted molar refractivity (Wildman–Crippen MR) is 111 cm³/mol. The molecular formula is C21H25ClN2O5. The molecule has 0 unspecified atom stereocenters. The molecule has 0 aliphatic heterocycles. The third-order valence-corrected chi connectivity index (χ3v) is 3.87. The van der Waals surface area contributed by atoms with E-state index in [0.717, 1.165) is 5.56 Å². The maximum absolute atomic E-state index is 12.0. The Labute approximate surface area is 174 Å². The van der Waals surface area contributed by atoms with Gasteiger partial charge in [0.05, 0.1) is 0 Å². The summed E-state index contributed by atoms with van der Waals surface area (Å²) >= 11 is 5.80. The summed E-state index contributed by atoms with van der Waals surface area (Å²) in [6.07, 6.45) is 0.655. The summed E-state index contributed by atoms with van der Waals surface area (Å²) in [7, 11) is 0. The number of carboxylic acids is 1. The molecule has 29 heavy (non-hydrogen) atoms. The highest BCUT2D eigenvalue weighted by Crippen LogP contribution is 2.19. The van der Waals surface area contributed by atoms with Gasteiger partial charge in [-0.15, -0.1) is 0 Å². The number of ether oxygens (including phenoxy) is 1. The van der Waals surface area contributed by atoms with E-state index in [1.54, 1.807) is 36.4 Å². The molecule has 8 heteroatoms. The number of aliphatic carboxylic acids is 1. The van der Waals surface area contributed by atoms with Crippen LogP contribution in [0.15, 0.2) is 48.5 Å². The van der Waals surface area contributed by atoms with Gasteiger partial charge in [0.25, 0.3) is 5.91 Å². The van der Waals surface area contributed by atoms with Gasteiger partial charge in [-0.25, -0.2) is 4.79 Å². The van der Waals surface area contributed by atoms with Gasteiger partial charge in [0, 0.05) is 24.1 Å². The fourth-order valence-corrected chi connectivity index (χ4v) is 2.21. The molecule has 0 spiro atoms. The normalized spacial score (nSPS) is 10.3. The van der Waals surface area contributed by atoms with Crippen LogP contribution in [0.4, 0.5) is 0 Å². The van der Waals surface area contributed by atoms with Crippen LogP contribution in [0.3, 0.4) is 0 Å². The van der Waals surface area contributed by atoms with Gasteiger partial charge in [-0.1, -0.05) is 23.7 Å². The van der Waals surface area contributed by atoms with Crippen molar-refractivity contribution < 1.29 is 24.2 Å². The van der Waals surface area contributed by atoms with Crippen LogP contribution in [0.25, 0.3) is 0 Å². The monoisotopic (exact) mass is 420 g/mol. The predicted octanol–water partition coefficient (Wildman–Crippen LogP) is 3.05. The van der Waals surface area contributed by atoms with Crippen molar-refractivity contribution in [3.63, 3.8) is 0 Å². The summed E-state index contributed by atoms with van der Waals surface area (Å²) in [4.78, 5) is 32.3. The lowest BCUT2D eigenvalue weighted by molar-refractivity contribution is -0.152. The molecule has 4 N–H and O–H groups in total. The molecule has 2 amide bonds. The second kappa shape index (κ2) is 11.1. The van der Waals surface area contributed by atoms with Gasteiger partial charge in [0.2, 0.25) is 5.91 Å². The average Bonchev–Trinajstić information content (AvgIpc) is 2.63. The number of halogens is 1. The number of nitrogens with one attached hydrogen (secondary N) is 1. The van der Waals surface area contributed by atoms with E-state index in [4.69, 9.17) is 21.4 Å². The van der Waals surface area contributed by atoms with E-state index in [9.17, 15) is 14.4 Å². The number of carbonyl (C=O) groups excluding carboxylic acids is 2. The van der Waals surface area contributed by atoms with Crippen molar-refractivity contribution in [1.82, 2.24) is 5.32 Å². The molecule has 0 aliphatic rings. The minimum Gasteiger partial charge on any atom is -0.478 e. The first-order chi connectivity index (χ1) is 13.5. The topological polar surface area (TPSA) is 119 Å². The average molecular weight is 421 g/mol. The smallest absolute Gasteiger partial charge is 0.347 e. The molecule has 2 aromatic rings. The van der Waals surface area contributed by atoms with Crippen LogP contribution in [-0.2, 0) is 16.0 Å². The number of carbonyl (C=O) groups is 3. The van der Waals surface area contributed by atoms with Gasteiger partial charge in [0.1, 0.15) is 5.75 Å². The van der Waals surface area contributed by atoms with E-state index in [1.165, 1.54) is 20.8 Å². The fraction of sp³-hybridized carbons (Fsp3) is 0.286. The Hall–Kier alpha value is -3.06. The molecule has 156 valence electrons. The fourth-order valence-electron chi connectivity index (χ4n) is 2.09. The molecular weight excluding hydrogens is 396 g/mol. The molecule has 7 nitrogen and oxygen atoms in total. The number of amides is 2. The van der Waals surface area contributed by atoms with Crippen LogP contribution < -0.4 is 15.8 Å². The van der Waals surface area contributed by atoms with Crippen molar-refractivity contribution in [1.29, 1.82) is 0 Å². The zero-order valence-electron chi connectivity index (χ0n) is 16.6. The van der Waals surface area contributed by atoms with Crippen molar-refractivity contribution in [3.05, 3.63) is 64.7 Å². The number of rotatable bonds is 7. The van der Waals surface area contributed by atoms with Crippen molar-refractivity contribution in [2.75, 3.05) is 6.54 Å². The summed E-state index contributed by atoms with van der Waals surface area (Å²) in [6.45, 7) is 4.79. The van der Waals surface area contributed by atoms with E-state index >= 15 is 0 Å². The second-order valence-electron chi connectivity index (χ2n) is 6.68. The number of benzene rings is 2. The molecule has 2 aromatic carbocycles. The van der Waals surface area contributed by atoms with Crippen LogP contribution >= 0.6 is 11.6 Å². The maximum atomic E-state index is 12.0. The number of carboxylic acid groups (broad SMARTS) is 1. The minimum atomic E-state index is -1.28. The highest BCUT2D eigenvalue weighted by molar-refractivity contribution is 6.30. The standard InChI is InChI=1S/C19H20ClNO4.C2H5NO/c1-19(2,18(23)24)25-16-9-3-13(4-10-16)11-12-21-17(22)14-5-7-15(20)8-6-14;1-2(3)4/h3-10H,11-12H2,1-2H3,(H,21,22)(H,23,24);1H3,(H2,3,4). The Bertz CT molecular complexity index is 829. The molecule has 0 saturated carbocycles. The zero-order valence-corrected chi connectivity index (χ0v) is 17.3. The molecule has 0 aliphatic carbocycles. The number of hydrogen-bond donors (Lipinski definition) is 3. The van der Waals surface area contributed by atoms with Gasteiger partial charge < -0.3 is 20.9 Å². The van der Waals surface area contributed by atoms with Gasteiger partial charge >= 0.3 is 5.97 Å². The van der Waals surface area contributed by atoms with Gasteiger partial charge in [-0.05, 0) is 62.2 Å². The highest BCUT2D eigenvalue weighted by Gasteiger charge is 2.29. The van der Waals surface area contributed by atoms with E-state index in [0.29, 0.717) is 29.3 Å². The largest absolute Gasteiger partial charge is 0.478 e. The Kier molecular flexibility index (Phi) is 9.15. The van der Waals surface area contributed by atoms with Crippen LogP contribution in [-0.4, -0.2) is 35.0 Å². The third-order valence-electron chi connectivity index (χ3n) is 3.62. The number of nitrogens with two attached hydrogens (primary N) is 1. The number of hydrogen-bond acceptors (Lipinski definition) is 4. The zero-order chi connectivity index (χ0) is 22.0. The van der Waals surface area contributed by atoms with Crippen LogP contribution in [0, 0.1) is 0 Å². The summed E-state index contributed by atoms with van der Waals surface area (Å²) in [5, 5.41) is 12.5. The Balaban J connectivity index is 0.000000960. The van der Waals surface area contributed by atoms with Crippen molar-refractivity contribution >= 4 is 29.4 Å². The molecule has 0 heterocycles. The summed E-state index contributed by atoms with van der Waals surface area (Å²) in [5.41, 5.74) is 4.76. The van der Waals surface area contributed by atoms with Crippen LogP contribution in [0.2, 0.25) is 5.02 Å². The van der Waals surface area contributed by atoms with Crippen LogP contribution in [0.5, 0.6) is 5.75 Å². The second-order valence-corrected chi connectivity index (χ2v) is 7.12. The molecule has 0 bridgehead atoms. The molecule has 0 radical (unpaired) electrons. The number of primary amides is 1. The first-order valence-electron chi connectivity index (χ1n) is 8.82. The SMILES string of the molecule is CC(C)(Oc1ccc(CCNC(=O)c2ccc(Cl)cc2)cc1)C(=O)O.CC(N)=O. The summed E-state index contributed by atoms with van der Waals surface area (Å²) < 4.78 is 5.45. The van der Waals surface area contributed by atoms with Gasteiger partial charge in [-0.3, -0.25) is 9.59 Å². The molecule has 0 atom stereocenters. The van der Waals surface area contributed by atoms with E-state index in [-0.39, 0.29) is 11.8 Å². The lowest BCUT2D eigenvalue weighted by Gasteiger charge is -2.21. The lowest BCUT2D eigenvalue weighted by atomic mass is 10.1. The Morgan fingerprint density at radius 1 is 1.07 bits per heavy atom. The molecule has 0 aromatic heterocycles. The maximum Gasteiger partial charge on any atom is 0.347 e. The van der Waals surface area contributed by atoms with Crippen molar-refractivity contribution in [2.24, 2.45) is 5.73 Å². The first-order valence-corrected chi connectivity index (χ1v) is 9.20. The molecule has 0 saturated heterocycles. The Morgan fingerprint density at radius 3 is 2.07 bits per heavy atom. The van der Waals surface area contributed by atoms with Gasteiger partial charge in [-0.2, -0.15) is 0 Å². The van der Waals surface area contributed by atoms with Crippen molar-refractivity contribution in [3.8, 4) is 5.75 Å². The van der Waals surface area contributed by atoms with E-state index in [2.05, 4.69) is 11.1 Å². The first kappa shape index (κ1) is 24.0. The van der Waals surface area contributed by atoms with Crippen molar-refractivity contribution in [2.45, 2.75) is 32.8 Å². The molecule has 2 rings (SSSR count). The highest BCUT2D eigenvalue weighted by atomic mass is 35.5.